The molecular formula is C17H17N3OS2. The van der Waals surface area contributed by atoms with E-state index < -0.39 is 5.91 Å². The maximum atomic E-state index is 11.7. The molecule has 1 amide bonds. The molecule has 0 radical (unpaired) electrons. The van der Waals surface area contributed by atoms with Crippen molar-refractivity contribution in [2.24, 2.45) is 5.73 Å². The lowest BCUT2D eigenvalue weighted by atomic mass is 9.89. The van der Waals surface area contributed by atoms with Crippen LogP contribution >= 0.6 is 22.7 Å². The number of aryl methyl sites for hydroxylation is 2. The fraction of sp³-hybridized carbons (Fsp3) is 0.294. The highest BCUT2D eigenvalue weighted by Gasteiger charge is 2.26. The molecule has 0 saturated carbocycles. The summed E-state index contributed by atoms with van der Waals surface area (Å²) in [5, 5.41) is 3.01. The fourth-order valence-corrected chi connectivity index (χ4v) is 5.35. The molecule has 0 bridgehead atoms. The molecule has 118 valence electrons. The van der Waals surface area contributed by atoms with Crippen molar-refractivity contribution in [2.75, 3.05) is 5.73 Å². The minimum atomic E-state index is -0.475. The minimum Gasteiger partial charge on any atom is -0.397 e. The number of hydrogen-bond donors (Lipinski definition) is 2. The van der Waals surface area contributed by atoms with Crippen LogP contribution in [-0.4, -0.2) is 10.9 Å². The first-order chi connectivity index (χ1) is 11.1. The van der Waals surface area contributed by atoms with Crippen molar-refractivity contribution in [3.8, 4) is 10.4 Å². The van der Waals surface area contributed by atoms with Gasteiger partial charge in [-0.05, 0) is 55.2 Å². The molecule has 3 heterocycles. The summed E-state index contributed by atoms with van der Waals surface area (Å²) in [6.45, 7) is 2.12. The van der Waals surface area contributed by atoms with Gasteiger partial charge in [-0.15, -0.1) is 22.7 Å². The van der Waals surface area contributed by atoms with Gasteiger partial charge in [0.15, 0.2) is 0 Å². The van der Waals surface area contributed by atoms with Crippen molar-refractivity contribution < 1.29 is 4.79 Å². The monoisotopic (exact) mass is 343 g/mol. The van der Waals surface area contributed by atoms with E-state index in [1.807, 2.05) is 0 Å². The van der Waals surface area contributed by atoms with Crippen LogP contribution in [-0.2, 0) is 12.8 Å². The summed E-state index contributed by atoms with van der Waals surface area (Å²) in [5.41, 5.74) is 17.2. The van der Waals surface area contributed by atoms with E-state index in [0.717, 1.165) is 35.2 Å². The van der Waals surface area contributed by atoms with Crippen LogP contribution in [0.5, 0.6) is 0 Å². The van der Waals surface area contributed by atoms with Crippen molar-refractivity contribution in [2.45, 2.75) is 32.6 Å². The van der Waals surface area contributed by atoms with Gasteiger partial charge in [0.2, 0.25) is 0 Å². The Bertz CT molecular complexity index is 939. The Morgan fingerprint density at radius 3 is 2.78 bits per heavy atom. The Morgan fingerprint density at radius 1 is 1.30 bits per heavy atom. The lowest BCUT2D eigenvalue weighted by Crippen LogP contribution is -2.11. The van der Waals surface area contributed by atoms with Gasteiger partial charge in [-0.1, -0.05) is 0 Å². The zero-order valence-corrected chi connectivity index (χ0v) is 14.4. The number of primary amides is 1. The third kappa shape index (κ3) is 2.16. The van der Waals surface area contributed by atoms with Gasteiger partial charge in [0, 0.05) is 21.5 Å². The van der Waals surface area contributed by atoms with Crippen LogP contribution in [0.3, 0.4) is 0 Å². The van der Waals surface area contributed by atoms with Crippen LogP contribution < -0.4 is 11.5 Å². The highest BCUT2D eigenvalue weighted by Crippen LogP contribution is 2.45. The normalized spacial score (nSPS) is 14.1. The standard InChI is InChI=1S/C17H17N3OS2/c1-8-6-7-22-14(8)11-9-4-2-3-5-10(9)20-17-12(11)13(18)15(23-17)16(19)21/h6-7H,2-5,18H2,1H3,(H2,19,21). The molecule has 23 heavy (non-hydrogen) atoms. The molecular weight excluding hydrogens is 326 g/mol. The average molecular weight is 343 g/mol. The Morgan fingerprint density at radius 2 is 2.09 bits per heavy atom. The van der Waals surface area contributed by atoms with Crippen LogP contribution in [0.1, 0.15) is 39.3 Å². The summed E-state index contributed by atoms with van der Waals surface area (Å²) in [6.07, 6.45) is 4.35. The lowest BCUT2D eigenvalue weighted by Gasteiger charge is -2.19. The van der Waals surface area contributed by atoms with Gasteiger partial charge in [0.05, 0.1) is 5.69 Å². The van der Waals surface area contributed by atoms with E-state index in [-0.39, 0.29) is 0 Å². The molecule has 4 N–H and O–H groups in total. The summed E-state index contributed by atoms with van der Waals surface area (Å²) in [5.74, 6) is -0.475. The Balaban J connectivity index is 2.15. The van der Waals surface area contributed by atoms with Crippen molar-refractivity contribution >= 4 is 44.5 Å². The van der Waals surface area contributed by atoms with Crippen molar-refractivity contribution in [3.05, 3.63) is 33.1 Å². The predicted molar refractivity (Wildman–Crippen MR) is 97.2 cm³/mol. The van der Waals surface area contributed by atoms with Crippen LogP contribution in [0.15, 0.2) is 11.4 Å². The van der Waals surface area contributed by atoms with E-state index in [0.29, 0.717) is 10.6 Å². The molecule has 0 aliphatic heterocycles. The van der Waals surface area contributed by atoms with Crippen molar-refractivity contribution in [1.29, 1.82) is 0 Å². The van der Waals surface area contributed by atoms with Gasteiger partial charge >= 0.3 is 0 Å². The lowest BCUT2D eigenvalue weighted by molar-refractivity contribution is 0.100. The van der Waals surface area contributed by atoms with Crippen LogP contribution in [0.25, 0.3) is 20.7 Å². The average Bonchev–Trinajstić information content (AvgIpc) is 3.09. The van der Waals surface area contributed by atoms with Gasteiger partial charge in [0.1, 0.15) is 9.71 Å². The molecule has 0 spiro atoms. The van der Waals surface area contributed by atoms with Gasteiger partial charge in [0.25, 0.3) is 5.91 Å². The topological polar surface area (TPSA) is 82.0 Å². The number of aromatic nitrogens is 1. The van der Waals surface area contributed by atoms with E-state index in [4.69, 9.17) is 16.5 Å². The largest absolute Gasteiger partial charge is 0.397 e. The Hall–Kier alpha value is -1.92. The number of carbonyl (C=O) groups excluding carboxylic acids is 1. The first-order valence-corrected chi connectivity index (χ1v) is 9.35. The summed E-state index contributed by atoms with van der Waals surface area (Å²) < 4.78 is 0. The number of rotatable bonds is 2. The highest BCUT2D eigenvalue weighted by molar-refractivity contribution is 7.21. The van der Waals surface area contributed by atoms with Crippen molar-refractivity contribution in [1.82, 2.24) is 4.98 Å². The second-order valence-corrected chi connectivity index (χ2v) is 7.86. The number of nitrogens with zero attached hydrogens (tertiary/aromatic N) is 1. The summed E-state index contributed by atoms with van der Waals surface area (Å²) in [7, 11) is 0. The number of hydrogen-bond acceptors (Lipinski definition) is 5. The zero-order chi connectivity index (χ0) is 16.1. The van der Waals surface area contributed by atoms with Crippen LogP contribution in [0.2, 0.25) is 0 Å². The molecule has 0 aromatic carbocycles. The first-order valence-electron chi connectivity index (χ1n) is 7.66. The highest BCUT2D eigenvalue weighted by atomic mass is 32.1. The molecule has 4 nitrogen and oxygen atoms in total. The number of fused-ring (bicyclic) bond motifs is 2. The summed E-state index contributed by atoms with van der Waals surface area (Å²) in [6, 6.07) is 2.12. The molecule has 0 atom stereocenters. The third-order valence-corrected chi connectivity index (χ3v) is 6.61. The maximum Gasteiger partial charge on any atom is 0.260 e. The molecule has 4 rings (SSSR count). The van der Waals surface area contributed by atoms with Gasteiger partial charge < -0.3 is 11.5 Å². The number of pyridine rings is 1. The van der Waals surface area contributed by atoms with E-state index >= 15 is 0 Å². The molecule has 1 aliphatic rings. The van der Waals surface area contributed by atoms with Gasteiger partial charge in [-0.25, -0.2) is 4.98 Å². The van der Waals surface area contributed by atoms with Crippen LogP contribution in [0.4, 0.5) is 5.69 Å². The van der Waals surface area contributed by atoms with E-state index in [1.165, 1.54) is 39.3 Å². The van der Waals surface area contributed by atoms with E-state index in [2.05, 4.69) is 18.4 Å². The second-order valence-electron chi connectivity index (χ2n) is 5.94. The van der Waals surface area contributed by atoms with Crippen LogP contribution in [0, 0.1) is 6.92 Å². The molecule has 0 unspecified atom stereocenters. The Labute approximate surface area is 142 Å². The number of amides is 1. The number of anilines is 1. The zero-order valence-electron chi connectivity index (χ0n) is 12.8. The van der Waals surface area contributed by atoms with E-state index in [9.17, 15) is 4.79 Å². The molecule has 6 heteroatoms. The third-order valence-electron chi connectivity index (χ3n) is 4.47. The maximum absolute atomic E-state index is 11.7. The number of nitrogen functional groups attached to an aromatic ring is 1. The fourth-order valence-electron chi connectivity index (χ4n) is 3.37. The van der Waals surface area contributed by atoms with Gasteiger partial charge in [-0.2, -0.15) is 0 Å². The number of carbonyl (C=O) groups is 1. The number of thiophene rings is 2. The molecule has 3 aromatic rings. The molecule has 0 saturated heterocycles. The Kier molecular flexibility index (Phi) is 3.39. The smallest absolute Gasteiger partial charge is 0.260 e. The predicted octanol–water partition coefficient (Wildman–Crippen LogP) is 3.89. The second kappa shape index (κ2) is 5.32. The first kappa shape index (κ1) is 14.7. The van der Waals surface area contributed by atoms with Crippen molar-refractivity contribution in [3.63, 3.8) is 0 Å². The summed E-state index contributed by atoms with van der Waals surface area (Å²) in [4.78, 5) is 19.0. The number of nitrogens with two attached hydrogens (primary N) is 2. The van der Waals surface area contributed by atoms with Gasteiger partial charge in [-0.3, -0.25) is 4.79 Å². The minimum absolute atomic E-state index is 0.422. The quantitative estimate of drug-likeness (QED) is 0.740. The van der Waals surface area contributed by atoms with E-state index in [1.54, 1.807) is 11.3 Å². The SMILES string of the molecule is Cc1ccsc1-c1c2c(nc3sc(C(N)=O)c(N)c13)CCCC2. The molecule has 0 fully saturated rings. The molecule has 3 aromatic heterocycles. The summed E-state index contributed by atoms with van der Waals surface area (Å²) >= 11 is 3.04. The molecule has 1 aliphatic carbocycles.